The number of carbonyl (C=O) groups is 1. The largest absolute Gasteiger partial charge is 0.350 e. The van der Waals surface area contributed by atoms with Crippen LogP contribution in [0.15, 0.2) is 0 Å². The van der Waals surface area contributed by atoms with E-state index >= 15 is 0 Å². The highest BCUT2D eigenvalue weighted by Gasteiger charge is 2.23. The lowest BCUT2D eigenvalue weighted by molar-refractivity contribution is -0.123. The lowest BCUT2D eigenvalue weighted by Gasteiger charge is -2.23. The monoisotopic (exact) mass is 213 g/mol. The Morgan fingerprint density at radius 3 is 2.60 bits per heavy atom. The summed E-state index contributed by atoms with van der Waals surface area (Å²) in [6.45, 7) is 8.54. The second-order valence-electron chi connectivity index (χ2n) is 5.31. The second-order valence-corrected chi connectivity index (χ2v) is 5.31. The molecule has 88 valence electrons. The van der Waals surface area contributed by atoms with Crippen molar-refractivity contribution in [2.45, 2.75) is 38.8 Å². The van der Waals surface area contributed by atoms with E-state index in [9.17, 15) is 4.79 Å². The predicted molar refractivity (Wildman–Crippen MR) is 61.8 cm³/mol. The van der Waals surface area contributed by atoms with Crippen LogP contribution < -0.4 is 10.6 Å². The molecular weight excluding hydrogens is 190 g/mol. The Morgan fingerprint density at radius 2 is 2.13 bits per heavy atom. The van der Waals surface area contributed by atoms with Crippen LogP contribution >= 0.6 is 0 Å². The number of hydrogen-bond acceptors (Lipinski definition) is 3. The molecule has 1 saturated heterocycles. The average molecular weight is 213 g/mol. The molecule has 1 atom stereocenters. The third kappa shape index (κ3) is 4.62. The second kappa shape index (κ2) is 4.94. The minimum Gasteiger partial charge on any atom is -0.350 e. The highest BCUT2D eigenvalue weighted by atomic mass is 16.2. The molecule has 1 aliphatic rings. The molecule has 1 aliphatic heterocycles. The lowest BCUT2D eigenvalue weighted by atomic mass is 10.1. The molecule has 1 heterocycles. The molecule has 0 radical (unpaired) electrons. The van der Waals surface area contributed by atoms with Crippen LogP contribution in [0.3, 0.4) is 0 Å². The molecule has 15 heavy (non-hydrogen) atoms. The molecule has 2 N–H and O–H groups in total. The van der Waals surface area contributed by atoms with Gasteiger partial charge in [0.15, 0.2) is 0 Å². The average Bonchev–Trinajstić information content (AvgIpc) is 2.48. The van der Waals surface area contributed by atoms with Gasteiger partial charge in [-0.05, 0) is 34.2 Å². The molecule has 4 heteroatoms. The molecule has 1 unspecified atom stereocenters. The molecule has 0 saturated carbocycles. The van der Waals surface area contributed by atoms with Gasteiger partial charge in [0, 0.05) is 24.7 Å². The third-order valence-corrected chi connectivity index (χ3v) is 2.56. The Hall–Kier alpha value is -0.610. The lowest BCUT2D eigenvalue weighted by Crippen LogP contribution is -2.45. The number of amides is 1. The van der Waals surface area contributed by atoms with Crippen molar-refractivity contribution in [1.29, 1.82) is 0 Å². The maximum Gasteiger partial charge on any atom is 0.234 e. The standard InChI is InChI=1S/C11H23N3O/c1-11(2,3)13-10(15)8-14-6-5-9(7-14)12-4/h9,12H,5-8H2,1-4H3,(H,13,15). The Balaban J connectivity index is 2.28. The number of carbonyl (C=O) groups excluding carboxylic acids is 1. The molecular formula is C11H23N3O. The molecule has 0 aromatic heterocycles. The third-order valence-electron chi connectivity index (χ3n) is 2.56. The van der Waals surface area contributed by atoms with Crippen molar-refractivity contribution in [2.24, 2.45) is 0 Å². The van der Waals surface area contributed by atoms with E-state index in [2.05, 4.69) is 15.5 Å². The van der Waals surface area contributed by atoms with Crippen LogP contribution in [0.25, 0.3) is 0 Å². The smallest absolute Gasteiger partial charge is 0.234 e. The van der Waals surface area contributed by atoms with E-state index in [4.69, 9.17) is 0 Å². The van der Waals surface area contributed by atoms with Crippen LogP contribution in [0.1, 0.15) is 27.2 Å². The summed E-state index contributed by atoms with van der Waals surface area (Å²) in [5.74, 6) is 0.124. The van der Waals surface area contributed by atoms with Gasteiger partial charge >= 0.3 is 0 Å². The highest BCUT2D eigenvalue weighted by molar-refractivity contribution is 5.78. The van der Waals surface area contributed by atoms with Crippen LogP contribution in [0.2, 0.25) is 0 Å². The minimum absolute atomic E-state index is 0.124. The molecule has 0 bridgehead atoms. The van der Waals surface area contributed by atoms with Crippen molar-refractivity contribution in [3.63, 3.8) is 0 Å². The van der Waals surface area contributed by atoms with Crippen molar-refractivity contribution >= 4 is 5.91 Å². The summed E-state index contributed by atoms with van der Waals surface area (Å²) in [5.41, 5.74) is -0.126. The van der Waals surface area contributed by atoms with Gasteiger partial charge < -0.3 is 10.6 Å². The quantitative estimate of drug-likeness (QED) is 0.703. The summed E-state index contributed by atoms with van der Waals surface area (Å²) >= 11 is 0. The first kappa shape index (κ1) is 12.5. The highest BCUT2D eigenvalue weighted by Crippen LogP contribution is 2.08. The SMILES string of the molecule is CNC1CCN(CC(=O)NC(C)(C)C)C1. The molecule has 0 spiro atoms. The van der Waals surface area contributed by atoms with Crippen LogP contribution in [-0.4, -0.2) is 49.1 Å². The van der Waals surface area contributed by atoms with E-state index in [1.807, 2.05) is 27.8 Å². The first-order valence-electron chi connectivity index (χ1n) is 5.61. The van der Waals surface area contributed by atoms with Crippen molar-refractivity contribution in [3.8, 4) is 0 Å². The van der Waals surface area contributed by atoms with Gasteiger partial charge in [-0.1, -0.05) is 0 Å². The fourth-order valence-corrected chi connectivity index (χ4v) is 1.87. The molecule has 1 amide bonds. The predicted octanol–water partition coefficient (Wildman–Crippen LogP) is 0.195. The number of nitrogens with zero attached hydrogens (tertiary/aromatic N) is 1. The summed E-state index contributed by atoms with van der Waals surface area (Å²) in [4.78, 5) is 13.8. The van der Waals surface area contributed by atoms with Gasteiger partial charge in [0.05, 0.1) is 6.54 Å². The number of likely N-dealkylation sites (N-methyl/N-ethyl adjacent to an activating group) is 1. The van der Waals surface area contributed by atoms with Crippen LogP contribution in [0.5, 0.6) is 0 Å². The zero-order chi connectivity index (χ0) is 11.5. The van der Waals surface area contributed by atoms with Crippen molar-refractivity contribution in [1.82, 2.24) is 15.5 Å². The van der Waals surface area contributed by atoms with Crippen molar-refractivity contribution in [2.75, 3.05) is 26.7 Å². The Morgan fingerprint density at radius 1 is 1.47 bits per heavy atom. The summed E-state index contributed by atoms with van der Waals surface area (Å²) in [7, 11) is 1.98. The van der Waals surface area contributed by atoms with Gasteiger partial charge in [-0.3, -0.25) is 9.69 Å². The molecule has 1 rings (SSSR count). The summed E-state index contributed by atoms with van der Waals surface area (Å²) in [6.07, 6.45) is 1.14. The number of hydrogen-bond donors (Lipinski definition) is 2. The summed E-state index contributed by atoms with van der Waals surface area (Å²) in [6, 6.07) is 0.549. The fraction of sp³-hybridized carbons (Fsp3) is 0.909. The van der Waals surface area contributed by atoms with E-state index in [0.717, 1.165) is 19.5 Å². The minimum atomic E-state index is -0.126. The van der Waals surface area contributed by atoms with Gasteiger partial charge in [-0.15, -0.1) is 0 Å². The van der Waals surface area contributed by atoms with Gasteiger partial charge in [0.25, 0.3) is 0 Å². The maximum atomic E-state index is 11.6. The van der Waals surface area contributed by atoms with E-state index < -0.39 is 0 Å². The topological polar surface area (TPSA) is 44.4 Å². The van der Waals surface area contributed by atoms with Gasteiger partial charge in [-0.2, -0.15) is 0 Å². The molecule has 0 aromatic rings. The fourth-order valence-electron chi connectivity index (χ4n) is 1.87. The Bertz CT molecular complexity index is 222. The molecule has 0 aromatic carbocycles. The zero-order valence-corrected chi connectivity index (χ0v) is 10.3. The van der Waals surface area contributed by atoms with Gasteiger partial charge in [-0.25, -0.2) is 0 Å². The first-order chi connectivity index (χ1) is 6.90. The van der Waals surface area contributed by atoms with Gasteiger partial charge in [0.2, 0.25) is 5.91 Å². The number of rotatable bonds is 3. The van der Waals surface area contributed by atoms with Crippen molar-refractivity contribution in [3.05, 3.63) is 0 Å². The maximum absolute atomic E-state index is 11.6. The normalized spacial score (nSPS) is 23.1. The first-order valence-corrected chi connectivity index (χ1v) is 5.61. The summed E-state index contributed by atoms with van der Waals surface area (Å²) in [5, 5.41) is 6.22. The Kier molecular flexibility index (Phi) is 4.11. The zero-order valence-electron chi connectivity index (χ0n) is 10.3. The molecule has 4 nitrogen and oxygen atoms in total. The van der Waals surface area contributed by atoms with Crippen LogP contribution in [0.4, 0.5) is 0 Å². The van der Waals surface area contributed by atoms with Crippen LogP contribution in [-0.2, 0) is 4.79 Å². The van der Waals surface area contributed by atoms with E-state index in [1.165, 1.54) is 0 Å². The number of nitrogens with one attached hydrogen (secondary N) is 2. The van der Waals surface area contributed by atoms with Gasteiger partial charge in [0.1, 0.15) is 0 Å². The number of likely N-dealkylation sites (tertiary alicyclic amines) is 1. The van der Waals surface area contributed by atoms with Crippen LogP contribution in [0, 0.1) is 0 Å². The summed E-state index contributed by atoms with van der Waals surface area (Å²) < 4.78 is 0. The Labute approximate surface area is 92.4 Å². The van der Waals surface area contributed by atoms with E-state index in [-0.39, 0.29) is 11.4 Å². The van der Waals surface area contributed by atoms with E-state index in [0.29, 0.717) is 12.6 Å². The van der Waals surface area contributed by atoms with Crippen molar-refractivity contribution < 1.29 is 4.79 Å². The molecule has 1 fully saturated rings. The van der Waals surface area contributed by atoms with E-state index in [1.54, 1.807) is 0 Å². The molecule has 0 aliphatic carbocycles.